The van der Waals surface area contributed by atoms with Gasteiger partial charge in [0.1, 0.15) is 5.82 Å². The van der Waals surface area contributed by atoms with Crippen molar-refractivity contribution in [2.24, 2.45) is 5.92 Å². The van der Waals surface area contributed by atoms with Crippen molar-refractivity contribution in [3.8, 4) is 0 Å². The predicted octanol–water partition coefficient (Wildman–Crippen LogP) is 2.93. The van der Waals surface area contributed by atoms with Crippen molar-refractivity contribution < 1.29 is 9.18 Å². The van der Waals surface area contributed by atoms with E-state index in [1.807, 2.05) is 6.92 Å². The van der Waals surface area contributed by atoms with E-state index in [0.717, 1.165) is 0 Å². The summed E-state index contributed by atoms with van der Waals surface area (Å²) in [5, 5.41) is 6.01. The Morgan fingerprint density at radius 1 is 1.42 bits per heavy atom. The van der Waals surface area contributed by atoms with Gasteiger partial charge in [0.25, 0.3) is 0 Å². The fourth-order valence-electron chi connectivity index (χ4n) is 1.75. The number of rotatable bonds is 5. The van der Waals surface area contributed by atoms with Crippen LogP contribution in [0.25, 0.3) is 0 Å². The average molecular weight is 309 g/mol. The summed E-state index contributed by atoms with van der Waals surface area (Å²) in [6, 6.07) is 4.03. The van der Waals surface area contributed by atoms with Gasteiger partial charge in [0, 0.05) is 23.0 Å². The first-order valence-corrected chi connectivity index (χ1v) is 6.24. The molecule has 0 spiro atoms. The van der Waals surface area contributed by atoms with E-state index in [1.54, 1.807) is 26.1 Å². The molecule has 0 saturated carbocycles. The normalized spacial score (nSPS) is 13.3. The summed E-state index contributed by atoms with van der Waals surface area (Å²) < 4.78 is 13.7. The van der Waals surface area contributed by atoms with E-state index in [0.29, 0.717) is 17.1 Å². The van der Waals surface area contributed by atoms with Crippen LogP contribution in [0.4, 0.5) is 4.39 Å². The second kappa shape index (κ2) is 8.35. The molecular formula is C13H19Cl2FN2O. The maximum atomic E-state index is 13.7. The molecule has 0 bridgehead atoms. The number of hydrogen-bond acceptors (Lipinski definition) is 2. The number of amides is 1. The summed E-state index contributed by atoms with van der Waals surface area (Å²) in [5.74, 6) is -0.712. The Morgan fingerprint density at radius 3 is 2.58 bits per heavy atom. The number of hydrogen-bond donors (Lipinski definition) is 2. The Balaban J connectivity index is 0.00000324. The van der Waals surface area contributed by atoms with Gasteiger partial charge in [0.15, 0.2) is 0 Å². The molecule has 108 valence electrons. The van der Waals surface area contributed by atoms with Gasteiger partial charge in [-0.25, -0.2) is 4.39 Å². The quantitative estimate of drug-likeness (QED) is 0.878. The molecule has 0 aromatic heterocycles. The highest BCUT2D eigenvalue weighted by atomic mass is 35.5. The van der Waals surface area contributed by atoms with Crippen LogP contribution < -0.4 is 10.6 Å². The molecular weight excluding hydrogens is 290 g/mol. The Bertz CT molecular complexity index is 409. The van der Waals surface area contributed by atoms with Gasteiger partial charge >= 0.3 is 0 Å². The third-order valence-corrected chi connectivity index (χ3v) is 3.08. The van der Waals surface area contributed by atoms with Crippen LogP contribution in [0.1, 0.15) is 25.5 Å². The zero-order chi connectivity index (χ0) is 13.7. The molecule has 6 heteroatoms. The molecule has 1 aromatic carbocycles. The van der Waals surface area contributed by atoms with Gasteiger partial charge in [-0.05, 0) is 26.1 Å². The minimum atomic E-state index is -0.453. The molecule has 0 aliphatic carbocycles. The highest BCUT2D eigenvalue weighted by Gasteiger charge is 2.19. The van der Waals surface area contributed by atoms with Gasteiger partial charge in [0.05, 0.1) is 6.04 Å². The van der Waals surface area contributed by atoms with Crippen LogP contribution in [-0.2, 0) is 4.79 Å². The number of nitrogens with one attached hydrogen (secondary N) is 2. The highest BCUT2D eigenvalue weighted by Crippen LogP contribution is 2.25. The van der Waals surface area contributed by atoms with Gasteiger partial charge in [-0.3, -0.25) is 4.79 Å². The molecule has 0 saturated heterocycles. The molecule has 2 unspecified atom stereocenters. The second-order valence-electron chi connectivity index (χ2n) is 4.32. The molecule has 3 nitrogen and oxygen atoms in total. The lowest BCUT2D eigenvalue weighted by Gasteiger charge is -2.19. The van der Waals surface area contributed by atoms with Crippen molar-refractivity contribution >= 4 is 29.9 Å². The van der Waals surface area contributed by atoms with Gasteiger partial charge < -0.3 is 10.6 Å². The summed E-state index contributed by atoms with van der Waals surface area (Å²) in [5.41, 5.74) is 0.323. The standard InChI is InChI=1S/C13H18ClFN2O.ClH/c1-8(7-16-3)13(18)17-9(2)12-10(14)5-4-6-11(12)15;/h4-6,8-9,16H,7H2,1-3H3,(H,17,18);1H. The summed E-state index contributed by atoms with van der Waals surface area (Å²) in [7, 11) is 1.78. The molecule has 0 heterocycles. The topological polar surface area (TPSA) is 41.1 Å². The first-order chi connectivity index (χ1) is 8.47. The largest absolute Gasteiger partial charge is 0.349 e. The summed E-state index contributed by atoms with van der Waals surface area (Å²) in [6.07, 6.45) is 0. The maximum Gasteiger partial charge on any atom is 0.224 e. The Morgan fingerprint density at radius 2 is 2.05 bits per heavy atom. The van der Waals surface area contributed by atoms with E-state index in [-0.39, 0.29) is 24.2 Å². The SMILES string of the molecule is CNCC(C)C(=O)NC(C)c1c(F)cccc1Cl.Cl. The fraction of sp³-hybridized carbons (Fsp3) is 0.462. The van der Waals surface area contributed by atoms with Gasteiger partial charge in [-0.2, -0.15) is 0 Å². The van der Waals surface area contributed by atoms with Crippen molar-refractivity contribution in [3.05, 3.63) is 34.6 Å². The number of carbonyl (C=O) groups is 1. The predicted molar refractivity (Wildman–Crippen MR) is 78.3 cm³/mol. The number of carbonyl (C=O) groups excluding carboxylic acids is 1. The van der Waals surface area contributed by atoms with E-state index in [9.17, 15) is 9.18 Å². The van der Waals surface area contributed by atoms with Crippen LogP contribution >= 0.6 is 24.0 Å². The van der Waals surface area contributed by atoms with E-state index < -0.39 is 11.9 Å². The van der Waals surface area contributed by atoms with Crippen molar-refractivity contribution in [3.63, 3.8) is 0 Å². The van der Waals surface area contributed by atoms with Crippen LogP contribution in [0.2, 0.25) is 5.02 Å². The van der Waals surface area contributed by atoms with Crippen LogP contribution in [-0.4, -0.2) is 19.5 Å². The number of benzene rings is 1. The summed E-state index contributed by atoms with van der Waals surface area (Å²) in [4.78, 5) is 11.8. The third kappa shape index (κ3) is 4.97. The zero-order valence-corrected chi connectivity index (χ0v) is 12.7. The zero-order valence-electron chi connectivity index (χ0n) is 11.2. The second-order valence-corrected chi connectivity index (χ2v) is 4.73. The van der Waals surface area contributed by atoms with Gasteiger partial charge in [-0.15, -0.1) is 12.4 Å². The van der Waals surface area contributed by atoms with E-state index in [4.69, 9.17) is 11.6 Å². The Kier molecular flexibility index (Phi) is 7.99. The molecule has 1 amide bonds. The van der Waals surface area contributed by atoms with Crippen molar-refractivity contribution in [1.29, 1.82) is 0 Å². The minimum absolute atomic E-state index is 0. The molecule has 1 aromatic rings. The van der Waals surface area contributed by atoms with Crippen molar-refractivity contribution in [2.75, 3.05) is 13.6 Å². The van der Waals surface area contributed by atoms with Crippen LogP contribution in [0, 0.1) is 11.7 Å². The molecule has 0 aliphatic heterocycles. The molecule has 2 N–H and O–H groups in total. The lowest BCUT2D eigenvalue weighted by molar-refractivity contribution is -0.125. The fourth-order valence-corrected chi connectivity index (χ4v) is 2.08. The van der Waals surface area contributed by atoms with Gasteiger partial charge in [0.2, 0.25) is 5.91 Å². The van der Waals surface area contributed by atoms with Crippen molar-refractivity contribution in [2.45, 2.75) is 19.9 Å². The van der Waals surface area contributed by atoms with Crippen LogP contribution in [0.3, 0.4) is 0 Å². The van der Waals surface area contributed by atoms with E-state index in [2.05, 4.69) is 10.6 Å². The third-order valence-electron chi connectivity index (χ3n) is 2.75. The van der Waals surface area contributed by atoms with E-state index >= 15 is 0 Å². The Hall–Kier alpha value is -0.840. The molecule has 2 atom stereocenters. The van der Waals surface area contributed by atoms with Crippen LogP contribution in [0.5, 0.6) is 0 Å². The first kappa shape index (κ1) is 18.2. The number of halogens is 3. The average Bonchev–Trinajstić information content (AvgIpc) is 2.28. The lowest BCUT2D eigenvalue weighted by atomic mass is 10.1. The molecule has 19 heavy (non-hydrogen) atoms. The monoisotopic (exact) mass is 308 g/mol. The van der Waals surface area contributed by atoms with Crippen LogP contribution in [0.15, 0.2) is 18.2 Å². The molecule has 0 aliphatic rings. The molecule has 0 radical (unpaired) electrons. The highest BCUT2D eigenvalue weighted by molar-refractivity contribution is 6.31. The smallest absolute Gasteiger partial charge is 0.224 e. The lowest BCUT2D eigenvalue weighted by Crippen LogP contribution is -2.36. The molecule has 1 rings (SSSR count). The minimum Gasteiger partial charge on any atom is -0.349 e. The summed E-state index contributed by atoms with van der Waals surface area (Å²) >= 11 is 5.94. The Labute approximate surface area is 124 Å². The van der Waals surface area contributed by atoms with Crippen molar-refractivity contribution in [1.82, 2.24) is 10.6 Å². The van der Waals surface area contributed by atoms with Gasteiger partial charge in [-0.1, -0.05) is 24.6 Å². The summed E-state index contributed by atoms with van der Waals surface area (Å²) in [6.45, 7) is 4.10. The van der Waals surface area contributed by atoms with E-state index in [1.165, 1.54) is 6.07 Å². The maximum absolute atomic E-state index is 13.7. The molecule has 0 fully saturated rings. The first-order valence-electron chi connectivity index (χ1n) is 5.86.